The van der Waals surface area contributed by atoms with Crippen molar-refractivity contribution in [3.63, 3.8) is 0 Å². The van der Waals surface area contributed by atoms with Crippen LogP contribution >= 0.6 is 27.5 Å². The highest BCUT2D eigenvalue weighted by molar-refractivity contribution is 9.10. The maximum Gasteiger partial charge on any atom is 0.270 e. The van der Waals surface area contributed by atoms with Crippen molar-refractivity contribution in [3.8, 4) is 22.6 Å². The fourth-order valence-electron chi connectivity index (χ4n) is 2.46. The molecular formula is C20H16BrClN2O6. The lowest BCUT2D eigenvalue weighted by Crippen LogP contribution is -1.92. The molecule has 0 aliphatic carbocycles. The molecule has 0 atom stereocenters. The largest absolute Gasteiger partial charge is 0.496 e. The van der Waals surface area contributed by atoms with E-state index >= 15 is 0 Å². The maximum absolute atomic E-state index is 10.8. The Morgan fingerprint density at radius 3 is 1.90 bits per heavy atom. The minimum Gasteiger partial charge on any atom is -0.496 e. The quantitative estimate of drug-likeness (QED) is 0.304. The molecule has 10 heteroatoms. The first-order valence-corrected chi connectivity index (χ1v) is 9.50. The second kappa shape index (κ2) is 10.6. The normalized spacial score (nSPS) is 9.87. The SMILES string of the molecule is COc1ccc([N+](=O)[O-])cc1-c1cccc(Cl)c1.COc1ccc([N+](=O)[O-])cc1Br. The standard InChI is InChI=1S/C13H10ClNO3.C7H6BrNO3/c1-18-13-6-5-11(15(16)17)8-12(13)9-3-2-4-10(14)7-9;1-12-7-3-2-5(9(10)11)4-6(7)8/h2-8H,1H3;2-4H,1H3. The van der Waals surface area contributed by atoms with E-state index in [1.807, 2.05) is 6.07 Å². The van der Waals surface area contributed by atoms with E-state index in [1.165, 1.54) is 38.5 Å². The van der Waals surface area contributed by atoms with E-state index in [0.29, 0.717) is 26.6 Å². The average Bonchev–Trinajstić information content (AvgIpc) is 2.73. The number of hydrogen-bond donors (Lipinski definition) is 0. The number of nitro benzene ring substituents is 2. The zero-order chi connectivity index (χ0) is 22.3. The van der Waals surface area contributed by atoms with Crippen LogP contribution in [-0.4, -0.2) is 24.1 Å². The molecule has 0 spiro atoms. The van der Waals surface area contributed by atoms with Crippen LogP contribution in [0.25, 0.3) is 11.1 Å². The van der Waals surface area contributed by atoms with Crippen molar-refractivity contribution in [1.82, 2.24) is 0 Å². The number of halogens is 2. The second-order valence-corrected chi connectivity index (χ2v) is 7.02. The lowest BCUT2D eigenvalue weighted by atomic mass is 10.0. The summed E-state index contributed by atoms with van der Waals surface area (Å²) >= 11 is 9.06. The number of rotatable bonds is 5. The van der Waals surface area contributed by atoms with Gasteiger partial charge in [0, 0.05) is 34.9 Å². The summed E-state index contributed by atoms with van der Waals surface area (Å²) in [7, 11) is 3.03. The monoisotopic (exact) mass is 494 g/mol. The summed E-state index contributed by atoms with van der Waals surface area (Å²) in [6, 6.07) is 15.9. The van der Waals surface area contributed by atoms with Gasteiger partial charge in [-0.2, -0.15) is 0 Å². The van der Waals surface area contributed by atoms with Crippen LogP contribution < -0.4 is 9.47 Å². The van der Waals surface area contributed by atoms with Crippen molar-refractivity contribution in [2.45, 2.75) is 0 Å². The van der Waals surface area contributed by atoms with Crippen LogP contribution in [0.15, 0.2) is 65.1 Å². The Labute approximate surface area is 185 Å². The highest BCUT2D eigenvalue weighted by atomic mass is 79.9. The number of nitro groups is 2. The van der Waals surface area contributed by atoms with Gasteiger partial charge in [0.25, 0.3) is 11.4 Å². The molecule has 8 nitrogen and oxygen atoms in total. The number of ether oxygens (including phenoxy) is 2. The molecule has 0 N–H and O–H groups in total. The van der Waals surface area contributed by atoms with Crippen LogP contribution in [0.4, 0.5) is 11.4 Å². The van der Waals surface area contributed by atoms with E-state index in [4.69, 9.17) is 21.1 Å². The summed E-state index contributed by atoms with van der Waals surface area (Å²) in [6.45, 7) is 0. The van der Waals surface area contributed by atoms with Crippen LogP contribution in [0.3, 0.4) is 0 Å². The Morgan fingerprint density at radius 1 is 0.833 bits per heavy atom. The van der Waals surface area contributed by atoms with Gasteiger partial charge >= 0.3 is 0 Å². The van der Waals surface area contributed by atoms with E-state index in [-0.39, 0.29) is 11.4 Å². The molecule has 0 saturated heterocycles. The number of nitrogens with zero attached hydrogens (tertiary/aromatic N) is 2. The molecule has 0 aliphatic heterocycles. The highest BCUT2D eigenvalue weighted by Gasteiger charge is 2.13. The lowest BCUT2D eigenvalue weighted by Gasteiger charge is -2.08. The highest BCUT2D eigenvalue weighted by Crippen LogP contribution is 2.34. The van der Waals surface area contributed by atoms with Gasteiger partial charge in [-0.15, -0.1) is 0 Å². The first-order valence-electron chi connectivity index (χ1n) is 8.33. The fraction of sp³-hybridized carbons (Fsp3) is 0.100. The van der Waals surface area contributed by atoms with Crippen LogP contribution in [-0.2, 0) is 0 Å². The minimum atomic E-state index is -0.454. The summed E-state index contributed by atoms with van der Waals surface area (Å²) in [5.41, 5.74) is 1.49. The molecule has 0 fully saturated rings. The first kappa shape index (κ1) is 23.1. The summed E-state index contributed by atoms with van der Waals surface area (Å²) in [5, 5.41) is 21.7. The van der Waals surface area contributed by atoms with Gasteiger partial charge in [-0.05, 0) is 45.8 Å². The van der Waals surface area contributed by atoms with Gasteiger partial charge in [0.1, 0.15) is 11.5 Å². The smallest absolute Gasteiger partial charge is 0.270 e. The van der Waals surface area contributed by atoms with Crippen molar-refractivity contribution < 1.29 is 19.3 Å². The number of hydrogen-bond acceptors (Lipinski definition) is 6. The van der Waals surface area contributed by atoms with E-state index in [2.05, 4.69) is 15.9 Å². The number of methoxy groups -OCH3 is 2. The summed E-state index contributed by atoms with van der Waals surface area (Å²) < 4.78 is 10.7. The number of benzene rings is 3. The molecule has 0 bridgehead atoms. The Morgan fingerprint density at radius 2 is 1.40 bits per heavy atom. The van der Waals surface area contributed by atoms with Gasteiger partial charge in [-0.25, -0.2) is 0 Å². The van der Waals surface area contributed by atoms with Crippen molar-refractivity contribution in [1.29, 1.82) is 0 Å². The fourth-order valence-corrected chi connectivity index (χ4v) is 3.18. The third kappa shape index (κ3) is 5.91. The zero-order valence-corrected chi connectivity index (χ0v) is 18.2. The summed E-state index contributed by atoms with van der Waals surface area (Å²) in [4.78, 5) is 20.2. The molecule has 0 radical (unpaired) electrons. The van der Waals surface area contributed by atoms with Gasteiger partial charge in [0.2, 0.25) is 0 Å². The molecule has 0 aromatic heterocycles. The molecule has 0 aliphatic rings. The third-order valence-electron chi connectivity index (χ3n) is 3.88. The molecule has 0 unspecified atom stereocenters. The summed E-state index contributed by atoms with van der Waals surface area (Å²) in [6.07, 6.45) is 0. The Balaban J connectivity index is 0.000000232. The Bertz CT molecular complexity index is 1080. The van der Waals surface area contributed by atoms with E-state index in [0.717, 1.165) is 5.56 Å². The summed E-state index contributed by atoms with van der Waals surface area (Å²) in [5.74, 6) is 1.16. The maximum atomic E-state index is 10.8. The topological polar surface area (TPSA) is 105 Å². The van der Waals surface area contributed by atoms with Gasteiger partial charge < -0.3 is 9.47 Å². The second-order valence-electron chi connectivity index (χ2n) is 5.73. The zero-order valence-electron chi connectivity index (χ0n) is 15.9. The minimum absolute atomic E-state index is 0.0192. The molecule has 30 heavy (non-hydrogen) atoms. The lowest BCUT2D eigenvalue weighted by molar-refractivity contribution is -0.385. The molecule has 0 heterocycles. The van der Waals surface area contributed by atoms with E-state index < -0.39 is 9.85 Å². The van der Waals surface area contributed by atoms with Gasteiger partial charge in [-0.1, -0.05) is 23.7 Å². The number of non-ortho nitro benzene ring substituents is 2. The van der Waals surface area contributed by atoms with Gasteiger partial charge in [-0.3, -0.25) is 20.2 Å². The first-order chi connectivity index (χ1) is 14.3. The predicted molar refractivity (Wildman–Crippen MR) is 117 cm³/mol. The van der Waals surface area contributed by atoms with Gasteiger partial charge in [0.05, 0.1) is 28.5 Å². The molecule has 0 saturated carbocycles. The molecule has 3 aromatic carbocycles. The van der Waals surface area contributed by atoms with E-state index in [9.17, 15) is 20.2 Å². The van der Waals surface area contributed by atoms with Crippen LogP contribution in [0.5, 0.6) is 11.5 Å². The predicted octanol–water partition coefficient (Wildman–Crippen LogP) is 6.29. The Hall–Kier alpha value is -3.17. The average molecular weight is 496 g/mol. The van der Waals surface area contributed by atoms with Gasteiger partial charge in [0.15, 0.2) is 0 Å². The van der Waals surface area contributed by atoms with Crippen molar-refractivity contribution >= 4 is 38.9 Å². The molecule has 3 aromatic rings. The molecule has 156 valence electrons. The van der Waals surface area contributed by atoms with Crippen LogP contribution in [0.2, 0.25) is 5.02 Å². The third-order valence-corrected chi connectivity index (χ3v) is 4.73. The van der Waals surface area contributed by atoms with Crippen LogP contribution in [0.1, 0.15) is 0 Å². The van der Waals surface area contributed by atoms with Crippen molar-refractivity contribution in [3.05, 3.63) is 90.4 Å². The molecular weight excluding hydrogens is 480 g/mol. The molecule has 0 amide bonds. The van der Waals surface area contributed by atoms with E-state index in [1.54, 1.807) is 30.3 Å². The van der Waals surface area contributed by atoms with Crippen molar-refractivity contribution in [2.75, 3.05) is 14.2 Å². The van der Waals surface area contributed by atoms with Crippen LogP contribution in [0, 0.1) is 20.2 Å². The van der Waals surface area contributed by atoms with Crippen molar-refractivity contribution in [2.24, 2.45) is 0 Å². The molecule has 3 rings (SSSR count). The Kier molecular flexibility index (Phi) is 8.14.